The van der Waals surface area contributed by atoms with E-state index in [-0.39, 0.29) is 11.4 Å². The van der Waals surface area contributed by atoms with Crippen LogP contribution in [0.1, 0.15) is 26.3 Å². The van der Waals surface area contributed by atoms with E-state index in [4.69, 9.17) is 0 Å². The van der Waals surface area contributed by atoms with Gasteiger partial charge in [-0.25, -0.2) is 4.79 Å². The van der Waals surface area contributed by atoms with Crippen molar-refractivity contribution in [1.82, 2.24) is 4.98 Å². The number of carbonyl (C=O) groups is 1. The Balaban J connectivity index is 1.98. The Morgan fingerprint density at radius 3 is 2.37 bits per heavy atom. The molecular formula is C15H19N3O. The average Bonchev–Trinajstić information content (AvgIpc) is 2.78. The fourth-order valence-electron chi connectivity index (χ4n) is 1.71. The Morgan fingerprint density at radius 1 is 1.11 bits per heavy atom. The molecule has 0 saturated carbocycles. The molecule has 3 N–H and O–H groups in total. The van der Waals surface area contributed by atoms with Gasteiger partial charge in [-0.1, -0.05) is 39.0 Å². The lowest BCUT2D eigenvalue weighted by Gasteiger charge is -2.15. The highest BCUT2D eigenvalue weighted by Gasteiger charge is 2.15. The third-order valence-electron chi connectivity index (χ3n) is 2.83. The molecule has 2 amide bonds. The summed E-state index contributed by atoms with van der Waals surface area (Å²) in [6.07, 6.45) is 1.91. The van der Waals surface area contributed by atoms with Crippen molar-refractivity contribution in [3.05, 3.63) is 48.2 Å². The number of H-pyrrole nitrogens is 1. The maximum absolute atomic E-state index is 11.8. The van der Waals surface area contributed by atoms with E-state index < -0.39 is 0 Å². The van der Waals surface area contributed by atoms with Crippen molar-refractivity contribution in [3.63, 3.8) is 0 Å². The van der Waals surface area contributed by atoms with Crippen molar-refractivity contribution in [2.75, 3.05) is 10.6 Å². The van der Waals surface area contributed by atoms with Crippen LogP contribution in [-0.2, 0) is 5.41 Å². The molecule has 0 aliphatic heterocycles. The quantitative estimate of drug-likeness (QED) is 0.749. The van der Waals surface area contributed by atoms with Crippen LogP contribution in [0.4, 0.5) is 16.3 Å². The minimum atomic E-state index is -0.256. The molecule has 1 aromatic carbocycles. The second-order valence-corrected chi connectivity index (χ2v) is 5.50. The van der Waals surface area contributed by atoms with Crippen LogP contribution in [0.2, 0.25) is 0 Å². The summed E-state index contributed by atoms with van der Waals surface area (Å²) in [4.78, 5) is 14.9. The fourth-order valence-corrected chi connectivity index (χ4v) is 1.71. The van der Waals surface area contributed by atoms with Gasteiger partial charge in [0.15, 0.2) is 0 Å². The first-order chi connectivity index (χ1) is 8.95. The third kappa shape index (κ3) is 3.61. The number of carbonyl (C=O) groups excluding carboxylic acids is 1. The van der Waals surface area contributed by atoms with Gasteiger partial charge in [0.25, 0.3) is 0 Å². The highest BCUT2D eigenvalue weighted by molar-refractivity contribution is 5.99. The lowest BCUT2D eigenvalue weighted by molar-refractivity contribution is 0.262. The highest BCUT2D eigenvalue weighted by atomic mass is 16.2. The molecule has 0 aliphatic carbocycles. The van der Waals surface area contributed by atoms with Gasteiger partial charge >= 0.3 is 6.03 Å². The molecule has 2 aromatic rings. The van der Waals surface area contributed by atoms with Crippen molar-refractivity contribution >= 4 is 17.5 Å². The maximum Gasteiger partial charge on any atom is 0.324 e. The maximum atomic E-state index is 11.8. The van der Waals surface area contributed by atoms with Gasteiger partial charge in [-0.05, 0) is 29.2 Å². The van der Waals surface area contributed by atoms with Crippen LogP contribution in [-0.4, -0.2) is 11.0 Å². The van der Waals surface area contributed by atoms with E-state index in [9.17, 15) is 4.79 Å². The van der Waals surface area contributed by atoms with Crippen LogP contribution in [0.15, 0.2) is 42.6 Å². The molecule has 1 heterocycles. The number of urea groups is 1. The number of para-hydroxylation sites is 1. The summed E-state index contributed by atoms with van der Waals surface area (Å²) in [5.41, 5.74) is 1.98. The molecule has 0 atom stereocenters. The zero-order valence-corrected chi connectivity index (χ0v) is 11.4. The van der Waals surface area contributed by atoms with Gasteiger partial charge in [0.05, 0.1) is 0 Å². The summed E-state index contributed by atoms with van der Waals surface area (Å²) in [5, 5.41) is 5.55. The van der Waals surface area contributed by atoms with Crippen LogP contribution in [0.3, 0.4) is 0 Å². The standard InChI is InChI=1S/C15H19N3O/c1-15(2,3)11-9-13(16-10-11)18-14(19)17-12-7-5-4-6-8-12/h4-10,16H,1-3H3,(H2,17,18,19). The first-order valence-electron chi connectivity index (χ1n) is 6.27. The first-order valence-corrected chi connectivity index (χ1v) is 6.27. The summed E-state index contributed by atoms with van der Waals surface area (Å²) in [6, 6.07) is 11.0. The first kappa shape index (κ1) is 13.2. The molecular weight excluding hydrogens is 238 g/mol. The van der Waals surface area contributed by atoms with Crippen molar-refractivity contribution in [2.45, 2.75) is 26.2 Å². The number of amides is 2. The van der Waals surface area contributed by atoms with Gasteiger partial charge in [-0.15, -0.1) is 0 Å². The van der Waals surface area contributed by atoms with Crippen LogP contribution in [0.5, 0.6) is 0 Å². The van der Waals surface area contributed by atoms with Gasteiger partial charge in [0.1, 0.15) is 5.82 Å². The summed E-state index contributed by atoms with van der Waals surface area (Å²) >= 11 is 0. The molecule has 0 aliphatic rings. The smallest absolute Gasteiger partial charge is 0.324 e. The Hall–Kier alpha value is -2.23. The number of aromatic amines is 1. The molecule has 0 radical (unpaired) electrons. The predicted octanol–water partition coefficient (Wildman–Crippen LogP) is 3.96. The van der Waals surface area contributed by atoms with E-state index in [2.05, 4.69) is 36.4 Å². The molecule has 4 nitrogen and oxygen atoms in total. The summed E-state index contributed by atoms with van der Waals surface area (Å²) in [5.74, 6) is 0.693. The number of anilines is 2. The van der Waals surface area contributed by atoms with E-state index in [1.807, 2.05) is 42.6 Å². The monoisotopic (exact) mass is 257 g/mol. The lowest BCUT2D eigenvalue weighted by atomic mass is 9.89. The van der Waals surface area contributed by atoms with E-state index in [1.165, 1.54) is 0 Å². The van der Waals surface area contributed by atoms with Crippen LogP contribution < -0.4 is 10.6 Å². The van der Waals surface area contributed by atoms with Crippen molar-refractivity contribution in [3.8, 4) is 0 Å². The van der Waals surface area contributed by atoms with Crippen molar-refractivity contribution < 1.29 is 4.79 Å². The molecule has 2 rings (SSSR count). The lowest BCUT2D eigenvalue weighted by Crippen LogP contribution is -2.19. The topological polar surface area (TPSA) is 56.9 Å². The third-order valence-corrected chi connectivity index (χ3v) is 2.83. The molecule has 0 bridgehead atoms. The highest BCUT2D eigenvalue weighted by Crippen LogP contribution is 2.24. The second kappa shape index (κ2) is 5.18. The van der Waals surface area contributed by atoms with Crippen LogP contribution in [0, 0.1) is 0 Å². The molecule has 1 aromatic heterocycles. The van der Waals surface area contributed by atoms with Gasteiger partial charge < -0.3 is 10.3 Å². The number of rotatable bonds is 2. The molecule has 19 heavy (non-hydrogen) atoms. The predicted molar refractivity (Wildman–Crippen MR) is 78.6 cm³/mol. The SMILES string of the molecule is CC(C)(C)c1c[nH]c(NC(=O)Nc2ccccc2)c1. The number of hydrogen-bond acceptors (Lipinski definition) is 1. The number of nitrogens with one attached hydrogen (secondary N) is 3. The molecule has 0 spiro atoms. The van der Waals surface area contributed by atoms with Gasteiger partial charge in [-0.2, -0.15) is 0 Å². The normalized spacial score (nSPS) is 11.1. The molecule has 100 valence electrons. The Kier molecular flexibility index (Phi) is 3.60. The van der Waals surface area contributed by atoms with Crippen molar-refractivity contribution in [2.24, 2.45) is 0 Å². The summed E-state index contributed by atoms with van der Waals surface area (Å²) < 4.78 is 0. The molecule has 0 saturated heterocycles. The van der Waals surface area contributed by atoms with E-state index in [1.54, 1.807) is 0 Å². The van der Waals surface area contributed by atoms with E-state index >= 15 is 0 Å². The number of benzene rings is 1. The second-order valence-electron chi connectivity index (χ2n) is 5.50. The Morgan fingerprint density at radius 2 is 1.79 bits per heavy atom. The van der Waals surface area contributed by atoms with E-state index in [0.717, 1.165) is 11.3 Å². The van der Waals surface area contributed by atoms with Crippen molar-refractivity contribution in [1.29, 1.82) is 0 Å². The molecule has 0 unspecified atom stereocenters. The number of aromatic nitrogens is 1. The molecule has 0 fully saturated rings. The van der Waals surface area contributed by atoms with Gasteiger partial charge in [0.2, 0.25) is 0 Å². The Bertz CT molecular complexity index is 552. The zero-order chi connectivity index (χ0) is 13.9. The van der Waals surface area contributed by atoms with Crippen LogP contribution in [0.25, 0.3) is 0 Å². The largest absolute Gasteiger partial charge is 0.348 e. The van der Waals surface area contributed by atoms with Gasteiger partial charge in [0, 0.05) is 11.9 Å². The Labute approximate surface area is 113 Å². The fraction of sp³-hybridized carbons (Fsp3) is 0.267. The summed E-state index contributed by atoms with van der Waals surface area (Å²) in [7, 11) is 0. The number of hydrogen-bond donors (Lipinski definition) is 3. The van der Waals surface area contributed by atoms with Crippen LogP contribution >= 0.6 is 0 Å². The minimum Gasteiger partial charge on any atom is -0.348 e. The summed E-state index contributed by atoms with van der Waals surface area (Å²) in [6.45, 7) is 6.39. The minimum absolute atomic E-state index is 0.0618. The molecule has 4 heteroatoms. The van der Waals surface area contributed by atoms with Gasteiger partial charge in [-0.3, -0.25) is 5.32 Å². The average molecular weight is 257 g/mol. The zero-order valence-electron chi connectivity index (χ0n) is 11.4. The van der Waals surface area contributed by atoms with E-state index in [0.29, 0.717) is 5.82 Å².